The van der Waals surface area contributed by atoms with Gasteiger partial charge in [0, 0.05) is 30.7 Å². The quantitative estimate of drug-likeness (QED) is 0.0244. The summed E-state index contributed by atoms with van der Waals surface area (Å²) in [7, 11) is 2.88. The number of amides is 1. The van der Waals surface area contributed by atoms with E-state index in [1.54, 1.807) is 36.4 Å². The van der Waals surface area contributed by atoms with Crippen LogP contribution in [0.2, 0.25) is 0 Å². The number of phenols is 5. The Morgan fingerprint density at radius 1 is 0.690 bits per heavy atom. The summed E-state index contributed by atoms with van der Waals surface area (Å²) >= 11 is 0. The number of fused-ring (bicyclic) bond motifs is 1. The average molecular weight is 796 g/mol. The predicted octanol–water partition coefficient (Wildman–Crippen LogP) is 6.00. The van der Waals surface area contributed by atoms with Gasteiger partial charge in [0.25, 0.3) is 0 Å². The van der Waals surface area contributed by atoms with Crippen LogP contribution < -0.4 is 29.7 Å². The molecule has 0 aliphatic carbocycles. The van der Waals surface area contributed by atoms with E-state index in [1.165, 1.54) is 56.7 Å². The molecule has 1 heterocycles. The van der Waals surface area contributed by atoms with Crippen LogP contribution in [0.1, 0.15) is 36.8 Å². The van der Waals surface area contributed by atoms with Crippen LogP contribution in [0.15, 0.2) is 88.1 Å². The Morgan fingerprint density at radius 2 is 1.34 bits per heavy atom. The molecule has 0 aliphatic heterocycles. The monoisotopic (exact) mass is 795 g/mol. The first kappa shape index (κ1) is 41.7. The van der Waals surface area contributed by atoms with Gasteiger partial charge in [0.1, 0.15) is 22.5 Å². The highest BCUT2D eigenvalue weighted by Crippen LogP contribution is 2.38. The number of ether oxygens (including phenoxy) is 4. The number of rotatable bonds is 19. The molecule has 0 radical (unpaired) electrons. The molecule has 0 saturated carbocycles. The highest BCUT2D eigenvalue weighted by Gasteiger charge is 2.22. The van der Waals surface area contributed by atoms with Crippen molar-refractivity contribution in [3.05, 3.63) is 100 Å². The molecule has 0 spiro atoms. The van der Waals surface area contributed by atoms with Crippen LogP contribution in [-0.2, 0) is 14.4 Å². The number of aromatic hydroxyl groups is 5. The van der Waals surface area contributed by atoms with Gasteiger partial charge in [-0.15, -0.1) is 0 Å². The third kappa shape index (κ3) is 10.9. The van der Waals surface area contributed by atoms with Crippen molar-refractivity contribution >= 4 is 40.6 Å². The van der Waals surface area contributed by atoms with Gasteiger partial charge in [-0.2, -0.15) is 0 Å². The van der Waals surface area contributed by atoms with Gasteiger partial charge in [0.05, 0.1) is 33.9 Å². The first-order valence-electron chi connectivity index (χ1n) is 17.9. The van der Waals surface area contributed by atoms with Gasteiger partial charge in [0.15, 0.2) is 51.8 Å². The average Bonchev–Trinajstić information content (AvgIpc) is 3.19. The predicted molar refractivity (Wildman–Crippen MR) is 213 cm³/mol. The SMILES string of the molecule is COc1cc(/C=C/C(=O)CC(=O)/C=C/c2ccc(OCCCC(=O)NCCCOc3c(-c4ccc(O)c(O)c4)oc4cc(O)cc(O)c4c3=O)c(OC)c2)ccc1O. The van der Waals surface area contributed by atoms with Crippen molar-refractivity contribution in [3.8, 4) is 63.1 Å². The number of phenolic OH excluding ortho intramolecular Hbond substituents is 5. The molecule has 0 fully saturated rings. The second-order valence-electron chi connectivity index (χ2n) is 12.8. The van der Waals surface area contributed by atoms with E-state index >= 15 is 0 Å². The van der Waals surface area contributed by atoms with Crippen molar-refractivity contribution < 1.29 is 63.3 Å². The summed E-state index contributed by atoms with van der Waals surface area (Å²) in [5.41, 5.74) is 0.586. The van der Waals surface area contributed by atoms with Gasteiger partial charge < -0.3 is 54.2 Å². The maximum absolute atomic E-state index is 13.4. The van der Waals surface area contributed by atoms with E-state index in [9.17, 15) is 44.7 Å². The van der Waals surface area contributed by atoms with Crippen molar-refractivity contribution in [2.45, 2.75) is 25.7 Å². The highest BCUT2D eigenvalue weighted by atomic mass is 16.5. The molecule has 0 bridgehead atoms. The molecule has 1 aromatic heterocycles. The molecule has 0 atom stereocenters. The number of methoxy groups -OCH3 is 2. The van der Waals surface area contributed by atoms with Crippen LogP contribution in [0, 0.1) is 0 Å². The van der Waals surface area contributed by atoms with Crippen LogP contribution in [0.4, 0.5) is 0 Å². The van der Waals surface area contributed by atoms with Crippen molar-refractivity contribution in [2.75, 3.05) is 34.0 Å². The number of carbonyl (C=O) groups is 3. The van der Waals surface area contributed by atoms with Gasteiger partial charge >= 0.3 is 0 Å². The molecular weight excluding hydrogens is 754 g/mol. The van der Waals surface area contributed by atoms with Crippen LogP contribution in [-0.4, -0.2) is 77.0 Å². The highest BCUT2D eigenvalue weighted by molar-refractivity contribution is 6.11. The number of carbonyl (C=O) groups excluding carboxylic acids is 3. The lowest BCUT2D eigenvalue weighted by Gasteiger charge is -2.13. The molecular formula is C43H41NO14. The minimum absolute atomic E-state index is 0.0269. The van der Waals surface area contributed by atoms with E-state index in [4.69, 9.17) is 23.4 Å². The fourth-order valence-corrected chi connectivity index (χ4v) is 5.60. The van der Waals surface area contributed by atoms with Gasteiger partial charge in [0.2, 0.25) is 17.1 Å². The molecule has 302 valence electrons. The molecule has 1 amide bonds. The first-order chi connectivity index (χ1) is 27.9. The van der Waals surface area contributed by atoms with Gasteiger partial charge in [-0.1, -0.05) is 24.3 Å². The fourth-order valence-electron chi connectivity index (χ4n) is 5.60. The second-order valence-corrected chi connectivity index (χ2v) is 12.8. The summed E-state index contributed by atoms with van der Waals surface area (Å²) in [5, 5.41) is 52.2. The number of allylic oxidation sites excluding steroid dienone is 2. The van der Waals surface area contributed by atoms with E-state index in [2.05, 4.69) is 5.32 Å². The molecule has 0 aliphatic rings. The van der Waals surface area contributed by atoms with Crippen LogP contribution >= 0.6 is 0 Å². The maximum Gasteiger partial charge on any atom is 0.239 e. The third-order valence-electron chi connectivity index (χ3n) is 8.51. The molecule has 0 unspecified atom stereocenters. The summed E-state index contributed by atoms with van der Waals surface area (Å²) in [6, 6.07) is 15.6. The van der Waals surface area contributed by atoms with Crippen molar-refractivity contribution in [3.63, 3.8) is 0 Å². The molecule has 4 aromatic carbocycles. The van der Waals surface area contributed by atoms with Crippen LogP contribution in [0.3, 0.4) is 0 Å². The van der Waals surface area contributed by atoms with E-state index in [-0.39, 0.29) is 90.2 Å². The number of benzene rings is 4. The van der Waals surface area contributed by atoms with Crippen molar-refractivity contribution in [1.82, 2.24) is 5.32 Å². The Bertz CT molecular complexity index is 2430. The van der Waals surface area contributed by atoms with E-state index < -0.39 is 34.2 Å². The number of hydrogen-bond donors (Lipinski definition) is 6. The summed E-state index contributed by atoms with van der Waals surface area (Å²) in [6.07, 6.45) is 6.16. The normalized spacial score (nSPS) is 11.2. The zero-order chi connectivity index (χ0) is 41.8. The summed E-state index contributed by atoms with van der Waals surface area (Å²) in [4.78, 5) is 50.6. The molecule has 15 nitrogen and oxygen atoms in total. The third-order valence-corrected chi connectivity index (χ3v) is 8.51. The Hall–Kier alpha value is -7.42. The lowest BCUT2D eigenvalue weighted by Crippen LogP contribution is -2.26. The molecule has 0 saturated heterocycles. The first-order valence-corrected chi connectivity index (χ1v) is 17.9. The van der Waals surface area contributed by atoms with Gasteiger partial charge in [-0.05, 0) is 78.6 Å². The number of nitrogens with one attached hydrogen (secondary N) is 1. The van der Waals surface area contributed by atoms with Gasteiger partial charge in [-0.3, -0.25) is 19.2 Å². The Morgan fingerprint density at radius 3 is 2.03 bits per heavy atom. The second kappa shape index (κ2) is 19.4. The summed E-state index contributed by atoms with van der Waals surface area (Å²) in [5.74, 6) is -2.08. The number of ketones is 2. The summed E-state index contributed by atoms with van der Waals surface area (Å²) in [6.45, 7) is 0.367. The molecule has 15 heteroatoms. The standard InChI is InChI=1S/C43H41NO14/c1-54-36-19-25(8-13-32(36)49)6-11-28(45)22-29(46)12-7-26-9-15-35(37(20-26)55-2)56-17-3-5-39(52)44-16-4-18-57-43-41(53)40-34(51)23-30(47)24-38(40)58-42(43)27-10-14-31(48)33(50)21-27/h6-15,19-21,23-24,47-51H,3-5,16-18,22H2,1-2H3,(H,44,52)/b11-6+,12-7+. The van der Waals surface area contributed by atoms with Gasteiger partial charge in [-0.25, -0.2) is 0 Å². The fraction of sp³-hybridized carbons (Fsp3) is 0.209. The lowest BCUT2D eigenvalue weighted by atomic mass is 10.1. The molecule has 5 aromatic rings. The zero-order valence-electron chi connectivity index (χ0n) is 31.5. The maximum atomic E-state index is 13.4. The largest absolute Gasteiger partial charge is 0.508 e. The van der Waals surface area contributed by atoms with E-state index in [0.29, 0.717) is 29.0 Å². The zero-order valence-corrected chi connectivity index (χ0v) is 31.5. The molecule has 5 rings (SSSR count). The van der Waals surface area contributed by atoms with E-state index in [1.807, 2.05) is 0 Å². The topological polar surface area (TPSA) is 232 Å². The minimum atomic E-state index is -0.730. The minimum Gasteiger partial charge on any atom is -0.508 e. The summed E-state index contributed by atoms with van der Waals surface area (Å²) < 4.78 is 27.9. The molecule has 58 heavy (non-hydrogen) atoms. The van der Waals surface area contributed by atoms with Crippen molar-refractivity contribution in [2.24, 2.45) is 0 Å². The number of hydrogen-bond acceptors (Lipinski definition) is 14. The Labute approximate surface area is 331 Å². The smallest absolute Gasteiger partial charge is 0.239 e. The Kier molecular flexibility index (Phi) is 14.0. The lowest BCUT2D eigenvalue weighted by molar-refractivity contribution is -0.122. The van der Waals surface area contributed by atoms with E-state index in [0.717, 1.165) is 12.1 Å². The van der Waals surface area contributed by atoms with Crippen LogP contribution in [0.5, 0.6) is 51.7 Å². The molecule has 6 N–H and O–H groups in total. The van der Waals surface area contributed by atoms with Crippen LogP contribution in [0.25, 0.3) is 34.4 Å². The Balaban J connectivity index is 1.06. The van der Waals surface area contributed by atoms with Crippen molar-refractivity contribution in [1.29, 1.82) is 0 Å².